The third-order valence-electron chi connectivity index (χ3n) is 4.21. The quantitative estimate of drug-likeness (QED) is 0.440. The van der Waals surface area contributed by atoms with Crippen molar-refractivity contribution in [3.63, 3.8) is 0 Å². The van der Waals surface area contributed by atoms with Crippen molar-refractivity contribution in [1.82, 2.24) is 4.90 Å². The fourth-order valence-electron chi connectivity index (χ4n) is 2.82. The fourth-order valence-corrected chi connectivity index (χ4v) is 2.82. The van der Waals surface area contributed by atoms with Crippen molar-refractivity contribution in [3.05, 3.63) is 29.3 Å². The van der Waals surface area contributed by atoms with Crippen LogP contribution in [0.15, 0.2) is 23.2 Å². The van der Waals surface area contributed by atoms with Crippen LogP contribution in [0.25, 0.3) is 0 Å². The van der Waals surface area contributed by atoms with Crippen molar-refractivity contribution >= 4 is 35.6 Å². The molecule has 0 aliphatic carbocycles. The fraction of sp³-hybridized carbons (Fsp3) is 0.588. The summed E-state index contributed by atoms with van der Waals surface area (Å²) < 4.78 is 0. The van der Waals surface area contributed by atoms with E-state index in [1.54, 1.807) is 0 Å². The molecule has 1 atom stereocenters. The number of nitrogens with two attached hydrogens (primary N) is 1. The van der Waals surface area contributed by atoms with Gasteiger partial charge < -0.3 is 16.0 Å². The van der Waals surface area contributed by atoms with Crippen LogP contribution >= 0.6 is 24.0 Å². The van der Waals surface area contributed by atoms with E-state index < -0.39 is 0 Å². The number of rotatable bonds is 5. The minimum Gasteiger partial charge on any atom is -0.370 e. The van der Waals surface area contributed by atoms with Gasteiger partial charge in [-0.1, -0.05) is 13.0 Å². The maximum atomic E-state index is 5.99. The van der Waals surface area contributed by atoms with Crippen LogP contribution in [0.4, 0.5) is 5.69 Å². The smallest absolute Gasteiger partial charge is 0.193 e. The van der Waals surface area contributed by atoms with Gasteiger partial charge >= 0.3 is 0 Å². The highest BCUT2D eigenvalue weighted by Gasteiger charge is 2.21. The first-order valence-electron chi connectivity index (χ1n) is 7.95. The largest absolute Gasteiger partial charge is 0.370 e. The highest BCUT2D eigenvalue weighted by atomic mass is 127. The maximum absolute atomic E-state index is 5.99. The van der Waals surface area contributed by atoms with Gasteiger partial charge in [0.1, 0.15) is 0 Å². The lowest BCUT2D eigenvalue weighted by atomic mass is 10.1. The van der Waals surface area contributed by atoms with Crippen LogP contribution in [-0.4, -0.2) is 37.0 Å². The van der Waals surface area contributed by atoms with Gasteiger partial charge in [0, 0.05) is 18.8 Å². The van der Waals surface area contributed by atoms with Crippen molar-refractivity contribution in [1.29, 1.82) is 0 Å². The molecule has 0 spiro atoms. The van der Waals surface area contributed by atoms with E-state index in [2.05, 4.69) is 48.1 Å². The predicted octanol–water partition coefficient (Wildman–Crippen LogP) is 3.38. The predicted molar refractivity (Wildman–Crippen MR) is 106 cm³/mol. The third kappa shape index (κ3) is 5.76. The van der Waals surface area contributed by atoms with Gasteiger partial charge in [0.25, 0.3) is 0 Å². The second-order valence-electron chi connectivity index (χ2n) is 6.11. The number of nitrogens with zero attached hydrogens (tertiary/aromatic N) is 2. The van der Waals surface area contributed by atoms with Gasteiger partial charge in [0.05, 0.1) is 0 Å². The SMILES string of the molecule is CCCN1CCC(CN=C(N)Nc2ccc(C)c(C)c2)C1.I. The first kappa shape index (κ1) is 19.2. The number of hydrogen-bond acceptors (Lipinski definition) is 2. The van der Waals surface area contributed by atoms with E-state index in [9.17, 15) is 0 Å². The number of benzene rings is 1. The lowest BCUT2D eigenvalue weighted by Gasteiger charge is -2.14. The molecule has 4 nitrogen and oxygen atoms in total. The van der Waals surface area contributed by atoms with E-state index in [4.69, 9.17) is 5.73 Å². The Kier molecular flexibility index (Phi) is 8.17. The summed E-state index contributed by atoms with van der Waals surface area (Å²) in [6.45, 7) is 10.8. The van der Waals surface area contributed by atoms with Gasteiger partial charge in [0.2, 0.25) is 0 Å². The molecule has 3 N–H and O–H groups in total. The number of anilines is 1. The van der Waals surface area contributed by atoms with Crippen LogP contribution in [0, 0.1) is 19.8 Å². The van der Waals surface area contributed by atoms with Gasteiger partial charge in [-0.3, -0.25) is 4.99 Å². The number of aliphatic imine (C=N–C) groups is 1. The van der Waals surface area contributed by atoms with Crippen LogP contribution < -0.4 is 11.1 Å². The minimum atomic E-state index is 0. The minimum absolute atomic E-state index is 0. The van der Waals surface area contributed by atoms with Gasteiger partial charge in [-0.25, -0.2) is 0 Å². The summed E-state index contributed by atoms with van der Waals surface area (Å²) in [6, 6.07) is 6.25. The van der Waals surface area contributed by atoms with Gasteiger partial charge in [-0.2, -0.15) is 0 Å². The molecule has 1 heterocycles. The number of likely N-dealkylation sites (tertiary alicyclic amines) is 1. The molecule has 0 bridgehead atoms. The molecule has 1 aromatic rings. The molecular formula is C17H29IN4. The van der Waals surface area contributed by atoms with Crippen LogP contribution in [-0.2, 0) is 0 Å². The van der Waals surface area contributed by atoms with Gasteiger partial charge in [-0.15, -0.1) is 24.0 Å². The summed E-state index contributed by atoms with van der Waals surface area (Å²) >= 11 is 0. The number of halogens is 1. The van der Waals surface area contributed by atoms with E-state index in [0.717, 1.165) is 18.8 Å². The molecule has 1 unspecified atom stereocenters. The molecule has 22 heavy (non-hydrogen) atoms. The summed E-state index contributed by atoms with van der Waals surface area (Å²) in [7, 11) is 0. The van der Waals surface area contributed by atoms with E-state index in [0.29, 0.717) is 11.9 Å². The Hall–Kier alpha value is -0.820. The first-order valence-corrected chi connectivity index (χ1v) is 7.95. The average Bonchev–Trinajstić information content (AvgIpc) is 2.89. The zero-order valence-electron chi connectivity index (χ0n) is 13.9. The Balaban J connectivity index is 0.00000242. The van der Waals surface area contributed by atoms with Crippen LogP contribution in [0.1, 0.15) is 30.9 Å². The topological polar surface area (TPSA) is 53.6 Å². The Morgan fingerprint density at radius 3 is 2.82 bits per heavy atom. The Bertz CT molecular complexity index is 501. The van der Waals surface area contributed by atoms with Crippen molar-refractivity contribution < 1.29 is 0 Å². The molecule has 1 aliphatic rings. The second kappa shape index (κ2) is 9.35. The molecule has 0 saturated carbocycles. The molecule has 0 aromatic heterocycles. The van der Waals surface area contributed by atoms with Crippen LogP contribution in [0.5, 0.6) is 0 Å². The summed E-state index contributed by atoms with van der Waals surface area (Å²) in [5.74, 6) is 1.17. The molecule has 2 rings (SSSR count). The molecule has 1 fully saturated rings. The average molecular weight is 416 g/mol. The Labute approximate surface area is 151 Å². The molecule has 0 amide bonds. The van der Waals surface area contributed by atoms with E-state index >= 15 is 0 Å². The van der Waals surface area contributed by atoms with Crippen LogP contribution in [0.2, 0.25) is 0 Å². The molecule has 5 heteroatoms. The van der Waals surface area contributed by atoms with Gasteiger partial charge in [0.15, 0.2) is 5.96 Å². The van der Waals surface area contributed by atoms with Crippen LogP contribution in [0.3, 0.4) is 0 Å². The highest BCUT2D eigenvalue weighted by Crippen LogP contribution is 2.17. The number of guanidine groups is 1. The molecule has 1 aromatic carbocycles. The third-order valence-corrected chi connectivity index (χ3v) is 4.21. The van der Waals surface area contributed by atoms with E-state index in [1.807, 2.05) is 6.07 Å². The summed E-state index contributed by atoms with van der Waals surface area (Å²) in [5, 5.41) is 3.18. The number of hydrogen-bond donors (Lipinski definition) is 2. The van der Waals surface area contributed by atoms with Crippen molar-refractivity contribution in [2.24, 2.45) is 16.6 Å². The molecule has 1 aliphatic heterocycles. The molecule has 0 radical (unpaired) electrons. The normalized spacial score (nSPS) is 19.0. The number of aryl methyl sites for hydroxylation is 2. The second-order valence-corrected chi connectivity index (χ2v) is 6.11. The summed E-state index contributed by atoms with van der Waals surface area (Å²) in [4.78, 5) is 7.03. The molecule has 124 valence electrons. The molecule has 1 saturated heterocycles. The summed E-state index contributed by atoms with van der Waals surface area (Å²) in [5.41, 5.74) is 9.56. The Morgan fingerprint density at radius 1 is 1.36 bits per heavy atom. The standard InChI is InChI=1S/C17H28N4.HI/c1-4-8-21-9-7-15(12-21)11-19-17(18)20-16-6-5-13(2)14(3)10-16;/h5-6,10,15H,4,7-9,11-12H2,1-3H3,(H3,18,19,20);1H. The van der Waals surface area contributed by atoms with E-state index in [1.165, 1.54) is 37.1 Å². The van der Waals surface area contributed by atoms with Crippen molar-refractivity contribution in [3.8, 4) is 0 Å². The van der Waals surface area contributed by atoms with E-state index in [-0.39, 0.29) is 24.0 Å². The monoisotopic (exact) mass is 416 g/mol. The lowest BCUT2D eigenvalue weighted by Crippen LogP contribution is -2.25. The zero-order chi connectivity index (χ0) is 15.2. The maximum Gasteiger partial charge on any atom is 0.193 e. The van der Waals surface area contributed by atoms with Crippen molar-refractivity contribution in [2.75, 3.05) is 31.5 Å². The highest BCUT2D eigenvalue weighted by molar-refractivity contribution is 14.0. The summed E-state index contributed by atoms with van der Waals surface area (Å²) in [6.07, 6.45) is 2.47. The van der Waals surface area contributed by atoms with Gasteiger partial charge in [-0.05, 0) is 69.0 Å². The molecular weight excluding hydrogens is 387 g/mol. The lowest BCUT2D eigenvalue weighted by molar-refractivity contribution is 0.326. The Morgan fingerprint density at radius 2 is 2.14 bits per heavy atom. The zero-order valence-corrected chi connectivity index (χ0v) is 16.3. The first-order chi connectivity index (χ1) is 10.1. The number of nitrogens with one attached hydrogen (secondary N) is 1. The van der Waals surface area contributed by atoms with Crippen molar-refractivity contribution in [2.45, 2.75) is 33.6 Å².